The van der Waals surface area contributed by atoms with Crippen molar-refractivity contribution >= 4 is 0 Å². The summed E-state index contributed by atoms with van der Waals surface area (Å²) in [6.07, 6.45) is 3.49. The SMILES string of the molecule is COc1ccc(OC)c(C(N)c2ncc(C)cn2)c1. The Bertz CT molecular complexity index is 555. The molecule has 0 aliphatic carbocycles. The van der Waals surface area contributed by atoms with Gasteiger partial charge in [0, 0.05) is 18.0 Å². The fourth-order valence-corrected chi connectivity index (χ4v) is 1.78. The van der Waals surface area contributed by atoms with Crippen LogP contribution in [0.4, 0.5) is 0 Å². The van der Waals surface area contributed by atoms with Gasteiger partial charge < -0.3 is 15.2 Å². The molecule has 1 atom stereocenters. The molecule has 5 nitrogen and oxygen atoms in total. The molecule has 19 heavy (non-hydrogen) atoms. The lowest BCUT2D eigenvalue weighted by atomic mass is 10.1. The van der Waals surface area contributed by atoms with Crippen LogP contribution in [0.3, 0.4) is 0 Å². The van der Waals surface area contributed by atoms with Crippen LogP contribution in [0, 0.1) is 6.92 Å². The highest BCUT2D eigenvalue weighted by atomic mass is 16.5. The van der Waals surface area contributed by atoms with Crippen LogP contribution < -0.4 is 15.2 Å². The Morgan fingerprint density at radius 2 is 1.79 bits per heavy atom. The van der Waals surface area contributed by atoms with Crippen LogP contribution in [0.2, 0.25) is 0 Å². The van der Waals surface area contributed by atoms with Crippen molar-refractivity contribution in [3.8, 4) is 11.5 Å². The Balaban J connectivity index is 2.41. The summed E-state index contributed by atoms with van der Waals surface area (Å²) in [4.78, 5) is 8.51. The molecule has 0 aliphatic heterocycles. The Labute approximate surface area is 112 Å². The lowest BCUT2D eigenvalue weighted by Crippen LogP contribution is -2.16. The van der Waals surface area contributed by atoms with Crippen molar-refractivity contribution in [3.63, 3.8) is 0 Å². The van der Waals surface area contributed by atoms with Crippen molar-refractivity contribution < 1.29 is 9.47 Å². The monoisotopic (exact) mass is 259 g/mol. The Morgan fingerprint density at radius 3 is 2.37 bits per heavy atom. The van der Waals surface area contributed by atoms with E-state index in [9.17, 15) is 0 Å². The number of aromatic nitrogens is 2. The van der Waals surface area contributed by atoms with E-state index in [1.165, 1.54) is 0 Å². The minimum absolute atomic E-state index is 0.453. The number of methoxy groups -OCH3 is 2. The Hall–Kier alpha value is -2.14. The summed E-state index contributed by atoms with van der Waals surface area (Å²) in [6.45, 7) is 1.93. The summed E-state index contributed by atoms with van der Waals surface area (Å²) in [7, 11) is 3.22. The summed E-state index contributed by atoms with van der Waals surface area (Å²) < 4.78 is 10.5. The number of nitrogens with two attached hydrogens (primary N) is 1. The Kier molecular flexibility index (Phi) is 3.97. The molecule has 0 saturated carbocycles. The first-order valence-corrected chi connectivity index (χ1v) is 5.91. The number of rotatable bonds is 4. The van der Waals surface area contributed by atoms with E-state index in [0.717, 1.165) is 16.9 Å². The summed E-state index contributed by atoms with van der Waals surface area (Å²) >= 11 is 0. The predicted octanol–water partition coefficient (Wildman–Crippen LogP) is 1.85. The van der Waals surface area contributed by atoms with Crippen LogP contribution >= 0.6 is 0 Å². The van der Waals surface area contributed by atoms with Gasteiger partial charge in [-0.1, -0.05) is 0 Å². The fourth-order valence-electron chi connectivity index (χ4n) is 1.78. The average Bonchev–Trinajstić information content (AvgIpc) is 2.46. The number of nitrogens with zero attached hydrogens (tertiary/aromatic N) is 2. The third-order valence-electron chi connectivity index (χ3n) is 2.85. The van der Waals surface area contributed by atoms with Crippen molar-refractivity contribution in [2.75, 3.05) is 14.2 Å². The van der Waals surface area contributed by atoms with E-state index < -0.39 is 6.04 Å². The van der Waals surface area contributed by atoms with Crippen LogP contribution in [-0.4, -0.2) is 24.2 Å². The zero-order valence-electron chi connectivity index (χ0n) is 11.3. The second-order valence-electron chi connectivity index (χ2n) is 4.20. The molecule has 0 amide bonds. The number of ether oxygens (including phenoxy) is 2. The summed E-state index contributed by atoms with van der Waals surface area (Å²) in [5, 5.41) is 0. The van der Waals surface area contributed by atoms with Crippen LogP contribution in [0.25, 0.3) is 0 Å². The molecule has 2 aromatic rings. The lowest BCUT2D eigenvalue weighted by Gasteiger charge is -2.15. The highest BCUT2D eigenvalue weighted by Crippen LogP contribution is 2.30. The molecular formula is C14H17N3O2. The summed E-state index contributed by atoms with van der Waals surface area (Å²) in [5.41, 5.74) is 8.00. The second-order valence-corrected chi connectivity index (χ2v) is 4.20. The van der Waals surface area contributed by atoms with E-state index in [4.69, 9.17) is 15.2 Å². The molecular weight excluding hydrogens is 242 g/mol. The molecule has 1 unspecified atom stereocenters. The van der Waals surface area contributed by atoms with Gasteiger partial charge in [-0.25, -0.2) is 9.97 Å². The molecule has 0 saturated heterocycles. The third-order valence-corrected chi connectivity index (χ3v) is 2.85. The highest BCUT2D eigenvalue weighted by Gasteiger charge is 2.17. The molecule has 0 bridgehead atoms. The topological polar surface area (TPSA) is 70.3 Å². The standard InChI is InChI=1S/C14H17N3O2/c1-9-7-16-14(17-8-9)13(15)11-6-10(18-2)4-5-12(11)19-3/h4-8,13H,15H2,1-3H3. The predicted molar refractivity (Wildman–Crippen MR) is 72.3 cm³/mol. The number of hydrogen-bond donors (Lipinski definition) is 1. The molecule has 1 aromatic heterocycles. The van der Waals surface area contributed by atoms with Crippen LogP contribution in [0.5, 0.6) is 11.5 Å². The minimum Gasteiger partial charge on any atom is -0.497 e. The van der Waals surface area contributed by atoms with E-state index in [2.05, 4.69) is 9.97 Å². The van der Waals surface area contributed by atoms with E-state index >= 15 is 0 Å². The fraction of sp³-hybridized carbons (Fsp3) is 0.286. The molecule has 0 radical (unpaired) electrons. The normalized spacial score (nSPS) is 12.0. The van der Waals surface area contributed by atoms with Gasteiger partial charge in [0.15, 0.2) is 0 Å². The van der Waals surface area contributed by atoms with E-state index in [-0.39, 0.29) is 0 Å². The zero-order valence-corrected chi connectivity index (χ0v) is 11.3. The van der Waals surface area contributed by atoms with Gasteiger partial charge in [0.2, 0.25) is 0 Å². The maximum atomic E-state index is 6.21. The third kappa shape index (κ3) is 2.82. The van der Waals surface area contributed by atoms with Crippen molar-refractivity contribution in [1.82, 2.24) is 9.97 Å². The number of aryl methyl sites for hydroxylation is 1. The first kappa shape index (κ1) is 13.3. The first-order chi connectivity index (χ1) is 9.15. The van der Waals surface area contributed by atoms with Crippen molar-refractivity contribution in [2.45, 2.75) is 13.0 Å². The van der Waals surface area contributed by atoms with Gasteiger partial charge in [-0.05, 0) is 30.7 Å². The van der Waals surface area contributed by atoms with Gasteiger partial charge >= 0.3 is 0 Å². The number of hydrogen-bond acceptors (Lipinski definition) is 5. The average molecular weight is 259 g/mol. The maximum absolute atomic E-state index is 6.21. The smallest absolute Gasteiger partial charge is 0.149 e. The van der Waals surface area contributed by atoms with Gasteiger partial charge in [0.05, 0.1) is 20.3 Å². The van der Waals surface area contributed by atoms with Gasteiger partial charge in [0.25, 0.3) is 0 Å². The minimum atomic E-state index is -0.453. The van der Waals surface area contributed by atoms with Crippen LogP contribution in [-0.2, 0) is 0 Å². The molecule has 2 N–H and O–H groups in total. The summed E-state index contributed by atoms with van der Waals surface area (Å²) in [6, 6.07) is 5.03. The van der Waals surface area contributed by atoms with E-state index in [1.54, 1.807) is 26.6 Å². The molecule has 100 valence electrons. The molecule has 5 heteroatoms. The Morgan fingerprint density at radius 1 is 1.11 bits per heavy atom. The summed E-state index contributed by atoms with van der Waals surface area (Å²) in [5.74, 6) is 1.97. The largest absolute Gasteiger partial charge is 0.497 e. The first-order valence-electron chi connectivity index (χ1n) is 5.91. The van der Waals surface area contributed by atoms with Gasteiger partial charge in [-0.2, -0.15) is 0 Å². The highest BCUT2D eigenvalue weighted by molar-refractivity contribution is 5.44. The van der Waals surface area contributed by atoms with Gasteiger partial charge in [0.1, 0.15) is 17.3 Å². The van der Waals surface area contributed by atoms with Gasteiger partial charge in [-0.15, -0.1) is 0 Å². The van der Waals surface area contributed by atoms with E-state index in [1.807, 2.05) is 25.1 Å². The van der Waals surface area contributed by atoms with Gasteiger partial charge in [-0.3, -0.25) is 0 Å². The molecule has 0 spiro atoms. The molecule has 0 aliphatic rings. The van der Waals surface area contributed by atoms with Crippen LogP contribution in [0.15, 0.2) is 30.6 Å². The van der Waals surface area contributed by atoms with Crippen LogP contribution in [0.1, 0.15) is 23.0 Å². The second kappa shape index (κ2) is 5.67. The quantitative estimate of drug-likeness (QED) is 0.907. The molecule has 0 fully saturated rings. The molecule has 1 heterocycles. The maximum Gasteiger partial charge on any atom is 0.149 e. The van der Waals surface area contributed by atoms with Crippen molar-refractivity contribution in [2.24, 2.45) is 5.73 Å². The number of benzene rings is 1. The zero-order chi connectivity index (χ0) is 13.8. The lowest BCUT2D eigenvalue weighted by molar-refractivity contribution is 0.396. The van der Waals surface area contributed by atoms with Crippen molar-refractivity contribution in [1.29, 1.82) is 0 Å². The van der Waals surface area contributed by atoms with E-state index in [0.29, 0.717) is 11.6 Å². The molecule has 1 aromatic carbocycles. The molecule has 2 rings (SSSR count). The van der Waals surface area contributed by atoms with Crippen molar-refractivity contribution in [3.05, 3.63) is 47.5 Å².